The number of aliphatic hydroxyl groups excluding tert-OH is 1. The van der Waals surface area contributed by atoms with Crippen LogP contribution in [0, 0.1) is 11.6 Å². The average molecular weight is 315 g/mol. The van der Waals surface area contributed by atoms with Gasteiger partial charge in [0.25, 0.3) is 0 Å². The van der Waals surface area contributed by atoms with Crippen molar-refractivity contribution in [1.29, 1.82) is 0 Å². The average Bonchev–Trinajstić information content (AvgIpc) is 2.69. The molecule has 1 atom stereocenters. The first-order valence-corrected chi connectivity index (χ1v) is 7.12. The molecular formula is C15H17ClF2N2O. The Morgan fingerprint density at radius 1 is 1.33 bits per heavy atom. The summed E-state index contributed by atoms with van der Waals surface area (Å²) < 4.78 is 28.1. The summed E-state index contributed by atoms with van der Waals surface area (Å²) in [6.07, 6.45) is 0.242. The zero-order chi connectivity index (χ0) is 15.6. The molecule has 0 bridgehead atoms. The number of nitrogens with zero attached hydrogens (tertiary/aromatic N) is 2. The van der Waals surface area contributed by atoms with E-state index in [-0.39, 0.29) is 18.4 Å². The third kappa shape index (κ3) is 3.60. The molecule has 2 rings (SSSR count). The second kappa shape index (κ2) is 6.54. The number of benzene rings is 1. The van der Waals surface area contributed by atoms with E-state index >= 15 is 0 Å². The summed E-state index contributed by atoms with van der Waals surface area (Å²) in [5, 5.41) is 14.9. The van der Waals surface area contributed by atoms with E-state index < -0.39 is 17.7 Å². The number of hydrogen-bond donors (Lipinski definition) is 1. The molecule has 0 amide bonds. The molecule has 1 aromatic heterocycles. The van der Waals surface area contributed by atoms with E-state index in [2.05, 4.69) is 5.10 Å². The third-order valence-electron chi connectivity index (χ3n) is 3.40. The molecule has 1 aromatic carbocycles. The monoisotopic (exact) mass is 314 g/mol. The lowest BCUT2D eigenvalue weighted by Crippen LogP contribution is -2.17. The van der Waals surface area contributed by atoms with Crippen molar-refractivity contribution in [1.82, 2.24) is 9.78 Å². The number of hydrogen-bond acceptors (Lipinski definition) is 2. The maximum Gasteiger partial charge on any atom is 0.129 e. The lowest BCUT2D eigenvalue weighted by Gasteiger charge is -2.12. The van der Waals surface area contributed by atoms with Crippen molar-refractivity contribution in [3.63, 3.8) is 0 Å². The highest BCUT2D eigenvalue weighted by atomic mass is 35.5. The van der Waals surface area contributed by atoms with Crippen LogP contribution in [0.4, 0.5) is 8.78 Å². The van der Waals surface area contributed by atoms with Crippen molar-refractivity contribution >= 4 is 11.6 Å². The molecule has 0 fully saturated rings. The molecule has 0 saturated heterocycles. The second-order valence-corrected chi connectivity index (χ2v) is 5.36. The Hall–Kier alpha value is -1.46. The highest BCUT2D eigenvalue weighted by Crippen LogP contribution is 2.23. The van der Waals surface area contributed by atoms with E-state index in [4.69, 9.17) is 11.6 Å². The van der Waals surface area contributed by atoms with Crippen molar-refractivity contribution in [3.8, 4) is 0 Å². The fraction of sp³-hybridized carbons (Fsp3) is 0.400. The zero-order valence-electron chi connectivity index (χ0n) is 11.9. The fourth-order valence-corrected chi connectivity index (χ4v) is 2.65. The van der Waals surface area contributed by atoms with Crippen LogP contribution in [0.25, 0.3) is 0 Å². The van der Waals surface area contributed by atoms with Crippen molar-refractivity contribution in [2.24, 2.45) is 7.05 Å². The van der Waals surface area contributed by atoms with Gasteiger partial charge < -0.3 is 5.11 Å². The van der Waals surface area contributed by atoms with Gasteiger partial charge in [0.2, 0.25) is 0 Å². The number of rotatable bonds is 5. The Labute approximate surface area is 127 Å². The van der Waals surface area contributed by atoms with Gasteiger partial charge in [-0.3, -0.25) is 4.68 Å². The summed E-state index contributed by atoms with van der Waals surface area (Å²) in [5.74, 6) is -1.28. The standard InChI is InChI=1S/C15H17ClF2N2O/c1-3-13-15(16)14(20(2)19-13)8-11(21)6-9-4-5-10(17)7-12(9)18/h4-5,7,11,21H,3,6,8H2,1-2H3. The molecule has 0 spiro atoms. The predicted octanol–water partition coefficient (Wildman–Crippen LogP) is 3.06. The first-order chi connectivity index (χ1) is 9.92. The minimum Gasteiger partial charge on any atom is -0.392 e. The van der Waals surface area contributed by atoms with Gasteiger partial charge in [-0.2, -0.15) is 5.10 Å². The van der Waals surface area contributed by atoms with Gasteiger partial charge in [0, 0.05) is 26.0 Å². The summed E-state index contributed by atoms with van der Waals surface area (Å²) in [6.45, 7) is 1.95. The SMILES string of the molecule is CCc1nn(C)c(CC(O)Cc2ccc(F)cc2F)c1Cl. The largest absolute Gasteiger partial charge is 0.392 e. The first-order valence-electron chi connectivity index (χ1n) is 6.74. The van der Waals surface area contributed by atoms with Crippen LogP contribution in [0.3, 0.4) is 0 Å². The van der Waals surface area contributed by atoms with Crippen molar-refractivity contribution in [2.45, 2.75) is 32.3 Å². The lowest BCUT2D eigenvalue weighted by atomic mass is 10.0. The van der Waals surface area contributed by atoms with Gasteiger partial charge in [-0.25, -0.2) is 8.78 Å². The Morgan fingerprint density at radius 2 is 2.05 bits per heavy atom. The van der Waals surface area contributed by atoms with Crippen LogP contribution >= 0.6 is 11.6 Å². The van der Waals surface area contributed by atoms with Gasteiger partial charge in [-0.15, -0.1) is 0 Å². The molecule has 114 valence electrons. The highest BCUT2D eigenvalue weighted by Gasteiger charge is 2.18. The Balaban J connectivity index is 2.11. The smallest absolute Gasteiger partial charge is 0.129 e. The fourth-order valence-electron chi connectivity index (χ4n) is 2.28. The molecule has 0 saturated carbocycles. The maximum absolute atomic E-state index is 13.6. The van der Waals surface area contributed by atoms with Crippen LogP contribution in [0.15, 0.2) is 18.2 Å². The van der Waals surface area contributed by atoms with Gasteiger partial charge in [-0.1, -0.05) is 24.6 Å². The van der Waals surface area contributed by atoms with E-state index in [0.717, 1.165) is 11.8 Å². The van der Waals surface area contributed by atoms with Gasteiger partial charge >= 0.3 is 0 Å². The topological polar surface area (TPSA) is 38.0 Å². The molecule has 1 N–H and O–H groups in total. The normalized spacial score (nSPS) is 12.7. The van der Waals surface area contributed by atoms with Gasteiger partial charge in [0.1, 0.15) is 11.6 Å². The number of aromatic nitrogens is 2. The minimum atomic E-state index is -0.817. The Bertz CT molecular complexity index is 643. The summed E-state index contributed by atoms with van der Waals surface area (Å²) in [7, 11) is 1.76. The number of aryl methyl sites for hydroxylation is 2. The van der Waals surface area contributed by atoms with E-state index in [0.29, 0.717) is 17.1 Å². The quantitative estimate of drug-likeness (QED) is 0.921. The molecule has 3 nitrogen and oxygen atoms in total. The van der Waals surface area contributed by atoms with Gasteiger partial charge in [0.05, 0.1) is 22.5 Å². The van der Waals surface area contributed by atoms with E-state index in [1.807, 2.05) is 6.92 Å². The van der Waals surface area contributed by atoms with Crippen molar-refractivity contribution < 1.29 is 13.9 Å². The lowest BCUT2D eigenvalue weighted by molar-refractivity contribution is 0.171. The summed E-state index contributed by atoms with van der Waals surface area (Å²) in [6, 6.07) is 3.34. The van der Waals surface area contributed by atoms with Crippen molar-refractivity contribution in [3.05, 3.63) is 51.8 Å². The third-order valence-corrected chi connectivity index (χ3v) is 3.84. The van der Waals surface area contributed by atoms with Crippen LogP contribution in [0.2, 0.25) is 5.02 Å². The summed E-state index contributed by atoms with van der Waals surface area (Å²) in [4.78, 5) is 0. The van der Waals surface area contributed by atoms with Crippen molar-refractivity contribution in [2.75, 3.05) is 0 Å². The van der Waals surface area contributed by atoms with Crippen LogP contribution in [0.5, 0.6) is 0 Å². The molecule has 0 aliphatic carbocycles. The van der Waals surface area contributed by atoms with E-state index in [1.165, 1.54) is 12.1 Å². The summed E-state index contributed by atoms with van der Waals surface area (Å²) in [5.41, 5.74) is 1.76. The Morgan fingerprint density at radius 3 is 2.62 bits per heavy atom. The molecule has 0 aliphatic heterocycles. The first kappa shape index (κ1) is 15.9. The van der Waals surface area contributed by atoms with Gasteiger partial charge in [0.15, 0.2) is 0 Å². The molecular weight excluding hydrogens is 298 g/mol. The Kier molecular flexibility index (Phi) is 4.96. The molecule has 1 unspecified atom stereocenters. The van der Waals surface area contributed by atoms with Gasteiger partial charge in [-0.05, 0) is 18.1 Å². The molecule has 1 heterocycles. The predicted molar refractivity (Wildman–Crippen MR) is 77.4 cm³/mol. The van der Waals surface area contributed by atoms with Crippen LogP contribution in [0.1, 0.15) is 23.9 Å². The number of aliphatic hydroxyl groups is 1. The second-order valence-electron chi connectivity index (χ2n) is 4.98. The molecule has 0 radical (unpaired) electrons. The highest BCUT2D eigenvalue weighted by molar-refractivity contribution is 6.31. The summed E-state index contributed by atoms with van der Waals surface area (Å²) >= 11 is 6.21. The zero-order valence-corrected chi connectivity index (χ0v) is 12.7. The minimum absolute atomic E-state index is 0.0923. The maximum atomic E-state index is 13.6. The molecule has 0 aliphatic rings. The van der Waals surface area contributed by atoms with E-state index in [9.17, 15) is 13.9 Å². The van der Waals surface area contributed by atoms with E-state index in [1.54, 1.807) is 11.7 Å². The van der Waals surface area contributed by atoms with Crippen LogP contribution < -0.4 is 0 Å². The molecule has 21 heavy (non-hydrogen) atoms. The van der Waals surface area contributed by atoms with Crippen LogP contribution in [-0.4, -0.2) is 21.0 Å². The number of halogens is 3. The van der Waals surface area contributed by atoms with Crippen LogP contribution in [-0.2, 0) is 26.3 Å². The molecule has 6 heteroatoms. The molecule has 2 aromatic rings.